The normalized spacial score (nSPS) is 14.1. The summed E-state index contributed by atoms with van der Waals surface area (Å²) in [6.07, 6.45) is 2.69. The molecular weight excluding hydrogens is 353 g/mol. The number of halogens is 2. The molecule has 2 aromatic rings. The predicted molar refractivity (Wildman–Crippen MR) is 72.6 cm³/mol. The van der Waals surface area contributed by atoms with Crippen LogP contribution < -0.4 is 0 Å². The number of benzene rings is 1. The van der Waals surface area contributed by atoms with E-state index in [0.717, 1.165) is 11.3 Å². The quantitative estimate of drug-likeness (QED) is 0.494. The summed E-state index contributed by atoms with van der Waals surface area (Å²) in [6, 6.07) is 4.38. The lowest BCUT2D eigenvalue weighted by molar-refractivity contribution is 0.103. The van der Waals surface area contributed by atoms with Gasteiger partial charge in [0.1, 0.15) is 5.82 Å². The largest absolute Gasteiger partial charge is 0.288 e. The fourth-order valence-electron chi connectivity index (χ4n) is 2.05. The molecule has 1 aliphatic carbocycles. The SMILES string of the molecule is O=C1c2cc(F)ccc2Cc2c1cnn2PI. The van der Waals surface area contributed by atoms with Crippen LogP contribution in [-0.2, 0) is 6.42 Å². The Labute approximate surface area is 112 Å². The Hall–Kier alpha value is -0.810. The van der Waals surface area contributed by atoms with Crippen molar-refractivity contribution < 1.29 is 9.18 Å². The number of hydrogen-bond acceptors (Lipinski definition) is 2. The number of fused-ring (bicyclic) bond motifs is 2. The average Bonchev–Trinajstić information content (AvgIpc) is 2.73. The van der Waals surface area contributed by atoms with E-state index in [1.165, 1.54) is 12.1 Å². The van der Waals surface area contributed by atoms with Gasteiger partial charge in [0.25, 0.3) is 0 Å². The number of hydrogen-bond donors (Lipinski definition) is 0. The second-order valence-corrected chi connectivity index (χ2v) is 5.85. The zero-order valence-electron chi connectivity index (χ0n) is 8.58. The van der Waals surface area contributed by atoms with E-state index in [1.807, 2.05) is 4.45 Å². The Morgan fingerprint density at radius 2 is 2.24 bits per heavy atom. The highest BCUT2D eigenvalue weighted by Gasteiger charge is 2.27. The summed E-state index contributed by atoms with van der Waals surface area (Å²) in [7, 11) is 0. The van der Waals surface area contributed by atoms with E-state index in [2.05, 4.69) is 27.1 Å². The number of carbonyl (C=O) groups is 1. The van der Waals surface area contributed by atoms with Crippen molar-refractivity contribution in [1.82, 2.24) is 9.55 Å². The van der Waals surface area contributed by atoms with Crippen LogP contribution in [0.15, 0.2) is 24.4 Å². The second-order valence-electron chi connectivity index (χ2n) is 3.81. The summed E-state index contributed by atoms with van der Waals surface area (Å²) in [5, 5.41) is 4.18. The molecular formula is C11H7FIN2OP. The molecule has 1 atom stereocenters. The lowest BCUT2D eigenvalue weighted by atomic mass is 9.89. The number of ketones is 1. The molecule has 0 bridgehead atoms. The van der Waals surface area contributed by atoms with Crippen molar-refractivity contribution >= 4 is 34.2 Å². The highest BCUT2D eigenvalue weighted by molar-refractivity contribution is 14.2. The van der Waals surface area contributed by atoms with Crippen molar-refractivity contribution in [3.63, 3.8) is 0 Å². The van der Waals surface area contributed by atoms with E-state index in [1.54, 1.807) is 12.3 Å². The van der Waals surface area contributed by atoms with Crippen molar-refractivity contribution in [2.75, 3.05) is 0 Å². The molecule has 6 heteroatoms. The van der Waals surface area contributed by atoms with Gasteiger partial charge < -0.3 is 0 Å². The standard InChI is InChI=1S/C11H7FIN2OP/c12-7-2-1-6-3-10-9(5-14-15(10)17-13)11(16)8(6)4-7/h1-2,4-5,17H,3H2. The van der Waals surface area contributed by atoms with Crippen molar-refractivity contribution in [3.05, 3.63) is 52.6 Å². The Morgan fingerprint density at radius 3 is 3.00 bits per heavy atom. The fraction of sp³-hybridized carbons (Fsp3) is 0.0909. The maximum atomic E-state index is 13.1. The van der Waals surface area contributed by atoms with Crippen molar-refractivity contribution in [2.45, 2.75) is 6.42 Å². The number of carbonyl (C=O) groups excluding carboxylic acids is 1. The Bertz CT molecular complexity index is 626. The van der Waals surface area contributed by atoms with E-state index >= 15 is 0 Å². The molecule has 1 aromatic carbocycles. The molecule has 3 rings (SSSR count). The number of aromatic nitrogens is 2. The summed E-state index contributed by atoms with van der Waals surface area (Å²) in [5.74, 6) is -0.495. The van der Waals surface area contributed by atoms with Gasteiger partial charge in [0.2, 0.25) is 0 Å². The Balaban J connectivity index is 2.19. The summed E-state index contributed by atoms with van der Waals surface area (Å²) >= 11 is 2.23. The van der Waals surface area contributed by atoms with E-state index in [9.17, 15) is 9.18 Å². The Morgan fingerprint density at radius 1 is 1.41 bits per heavy atom. The summed E-state index contributed by atoms with van der Waals surface area (Å²) in [6.45, 7) is 0. The second kappa shape index (κ2) is 4.14. The zero-order valence-corrected chi connectivity index (χ0v) is 11.7. The molecule has 1 aliphatic rings. The molecule has 0 amide bonds. The maximum Gasteiger partial charge on any atom is 0.196 e. The van der Waals surface area contributed by atoms with Gasteiger partial charge in [-0.15, -0.1) is 0 Å². The minimum atomic E-state index is -0.372. The van der Waals surface area contributed by atoms with Crippen molar-refractivity contribution in [2.24, 2.45) is 0 Å². The molecule has 86 valence electrons. The van der Waals surface area contributed by atoms with Crippen LogP contribution in [0.25, 0.3) is 0 Å². The van der Waals surface area contributed by atoms with Gasteiger partial charge in [-0.2, -0.15) is 5.10 Å². The molecule has 17 heavy (non-hydrogen) atoms. The number of rotatable bonds is 1. The van der Waals surface area contributed by atoms with E-state index in [-0.39, 0.29) is 11.6 Å². The van der Waals surface area contributed by atoms with Crippen LogP contribution in [0, 0.1) is 5.82 Å². The first kappa shape index (κ1) is 11.3. The molecule has 1 aromatic heterocycles. The summed E-state index contributed by atoms with van der Waals surface area (Å²) in [5.41, 5.74) is 2.88. The molecule has 1 heterocycles. The molecule has 0 N–H and O–H groups in total. The Kier molecular flexibility index (Phi) is 2.75. The van der Waals surface area contributed by atoms with Gasteiger partial charge >= 0.3 is 0 Å². The summed E-state index contributed by atoms with van der Waals surface area (Å²) < 4.78 is 15.0. The van der Waals surface area contributed by atoms with Crippen LogP contribution in [0.5, 0.6) is 0 Å². The topological polar surface area (TPSA) is 34.9 Å². The van der Waals surface area contributed by atoms with Crippen LogP contribution >= 0.6 is 28.4 Å². The summed E-state index contributed by atoms with van der Waals surface area (Å²) in [4.78, 5) is 12.2. The first-order chi connectivity index (χ1) is 8.20. The zero-order chi connectivity index (χ0) is 12.0. The monoisotopic (exact) mass is 360 g/mol. The van der Waals surface area contributed by atoms with Gasteiger partial charge in [-0.3, -0.25) is 4.79 Å². The van der Waals surface area contributed by atoms with Gasteiger partial charge in [-0.05, 0) is 39.7 Å². The highest BCUT2D eigenvalue weighted by atomic mass is 127. The third kappa shape index (κ3) is 1.72. The van der Waals surface area contributed by atoms with Crippen molar-refractivity contribution in [3.8, 4) is 0 Å². The molecule has 0 saturated carbocycles. The van der Waals surface area contributed by atoms with Gasteiger partial charge in [0.05, 0.1) is 23.8 Å². The third-order valence-electron chi connectivity index (χ3n) is 2.87. The minimum absolute atomic E-state index is 0.123. The molecule has 0 spiro atoms. The van der Waals surface area contributed by atoms with E-state index in [0.29, 0.717) is 23.9 Å². The van der Waals surface area contributed by atoms with E-state index < -0.39 is 0 Å². The average molecular weight is 360 g/mol. The molecule has 0 fully saturated rings. The molecule has 1 unspecified atom stereocenters. The molecule has 0 radical (unpaired) electrons. The molecule has 0 saturated heterocycles. The smallest absolute Gasteiger partial charge is 0.196 e. The van der Waals surface area contributed by atoms with Crippen LogP contribution in [0.2, 0.25) is 0 Å². The van der Waals surface area contributed by atoms with Gasteiger partial charge in [0, 0.05) is 12.0 Å². The van der Waals surface area contributed by atoms with Crippen LogP contribution in [0.4, 0.5) is 4.39 Å². The third-order valence-corrected chi connectivity index (χ3v) is 4.78. The van der Waals surface area contributed by atoms with E-state index in [4.69, 9.17) is 0 Å². The number of nitrogens with zero attached hydrogens (tertiary/aromatic N) is 2. The van der Waals surface area contributed by atoms with Gasteiger partial charge in [-0.1, -0.05) is 6.07 Å². The predicted octanol–water partition coefficient (Wildman–Crippen LogP) is 2.95. The maximum absolute atomic E-state index is 13.1. The minimum Gasteiger partial charge on any atom is -0.288 e. The van der Waals surface area contributed by atoms with Gasteiger partial charge in [-0.25, -0.2) is 8.84 Å². The molecule has 0 aliphatic heterocycles. The first-order valence-electron chi connectivity index (χ1n) is 4.97. The van der Waals surface area contributed by atoms with Crippen LogP contribution in [-0.4, -0.2) is 15.3 Å². The first-order valence-corrected chi connectivity index (χ1v) is 9.03. The fourth-order valence-corrected chi connectivity index (χ4v) is 3.70. The molecule has 3 nitrogen and oxygen atoms in total. The van der Waals surface area contributed by atoms with Crippen LogP contribution in [0.1, 0.15) is 27.2 Å². The lowest BCUT2D eigenvalue weighted by Crippen LogP contribution is -2.15. The van der Waals surface area contributed by atoms with Gasteiger partial charge in [0.15, 0.2) is 5.78 Å². The van der Waals surface area contributed by atoms with Crippen molar-refractivity contribution in [1.29, 1.82) is 0 Å². The highest BCUT2D eigenvalue weighted by Crippen LogP contribution is 2.33. The lowest BCUT2D eigenvalue weighted by Gasteiger charge is -2.16. The van der Waals surface area contributed by atoms with Crippen LogP contribution in [0.3, 0.4) is 0 Å².